The Morgan fingerprint density at radius 1 is 1.25 bits per heavy atom. The number of nitrogens with one attached hydrogen (secondary N) is 2. The average molecular weight is 325 g/mol. The fourth-order valence-electron chi connectivity index (χ4n) is 4.07. The molecule has 24 heavy (non-hydrogen) atoms. The lowest BCUT2D eigenvalue weighted by Crippen LogP contribution is -2.54. The first-order valence-electron chi connectivity index (χ1n) is 9.21. The topological polar surface area (TPSA) is 64.9 Å². The van der Waals surface area contributed by atoms with Gasteiger partial charge in [-0.1, -0.05) is 43.5 Å². The Morgan fingerprint density at radius 3 is 2.75 bits per heavy atom. The number of hydrogen-bond acceptors (Lipinski definition) is 3. The van der Waals surface area contributed by atoms with Crippen molar-refractivity contribution >= 4 is 5.91 Å². The van der Waals surface area contributed by atoms with Crippen LogP contribution in [0.15, 0.2) is 24.3 Å². The van der Waals surface area contributed by atoms with Gasteiger partial charge in [-0.05, 0) is 50.2 Å². The Hall–Kier alpha value is -1.86. The number of nitrogens with zero attached hydrogens (tertiary/aromatic N) is 1. The molecule has 1 saturated carbocycles. The minimum Gasteiger partial charge on any atom is -0.336 e. The minimum absolute atomic E-state index is 0.0542. The van der Waals surface area contributed by atoms with Gasteiger partial charge in [0.1, 0.15) is 5.54 Å². The number of benzene rings is 1. The fourth-order valence-corrected chi connectivity index (χ4v) is 4.07. The standard InChI is InChI=1S/C20H27N3O/c1-15(19(24)23-20(14-21)12-5-2-6-13-20)22-18-11-7-9-16-8-3-4-10-17(16)18/h3-4,8,10,15,18,22H,2,5-7,9,11-13H2,1H3,(H,23,24)/t15-,18-/m1/s1. The van der Waals surface area contributed by atoms with Gasteiger partial charge >= 0.3 is 0 Å². The largest absolute Gasteiger partial charge is 0.336 e. The van der Waals surface area contributed by atoms with Gasteiger partial charge < -0.3 is 5.32 Å². The van der Waals surface area contributed by atoms with E-state index in [0.717, 1.165) is 51.4 Å². The van der Waals surface area contributed by atoms with Gasteiger partial charge in [-0.15, -0.1) is 0 Å². The molecule has 0 aromatic heterocycles. The van der Waals surface area contributed by atoms with Crippen molar-refractivity contribution in [3.63, 3.8) is 0 Å². The molecule has 0 aliphatic heterocycles. The van der Waals surface area contributed by atoms with Crippen molar-refractivity contribution in [1.82, 2.24) is 10.6 Å². The summed E-state index contributed by atoms with van der Waals surface area (Å²) in [7, 11) is 0. The molecule has 1 amide bonds. The highest BCUT2D eigenvalue weighted by atomic mass is 16.2. The number of hydrogen-bond donors (Lipinski definition) is 2. The molecule has 2 aliphatic carbocycles. The third kappa shape index (κ3) is 3.62. The summed E-state index contributed by atoms with van der Waals surface area (Å²) in [6.45, 7) is 1.90. The fraction of sp³-hybridized carbons (Fsp3) is 0.600. The van der Waals surface area contributed by atoms with E-state index in [0.29, 0.717) is 0 Å². The van der Waals surface area contributed by atoms with Crippen LogP contribution in [0.25, 0.3) is 0 Å². The number of carbonyl (C=O) groups excluding carboxylic acids is 1. The van der Waals surface area contributed by atoms with Crippen LogP contribution < -0.4 is 10.6 Å². The third-order valence-corrected chi connectivity index (χ3v) is 5.50. The van der Waals surface area contributed by atoms with Gasteiger partial charge in [0.15, 0.2) is 0 Å². The average Bonchev–Trinajstić information content (AvgIpc) is 2.62. The summed E-state index contributed by atoms with van der Waals surface area (Å²) in [6, 6.07) is 10.8. The summed E-state index contributed by atoms with van der Waals surface area (Å²) < 4.78 is 0. The lowest BCUT2D eigenvalue weighted by molar-refractivity contribution is -0.124. The van der Waals surface area contributed by atoms with E-state index < -0.39 is 5.54 Å². The summed E-state index contributed by atoms with van der Waals surface area (Å²) in [6.07, 6.45) is 8.06. The van der Waals surface area contributed by atoms with Crippen LogP contribution in [-0.2, 0) is 11.2 Å². The summed E-state index contributed by atoms with van der Waals surface area (Å²) in [5, 5.41) is 16.1. The Labute approximate surface area is 144 Å². The molecule has 0 spiro atoms. The van der Waals surface area contributed by atoms with Crippen LogP contribution in [0.4, 0.5) is 0 Å². The van der Waals surface area contributed by atoms with Crippen molar-refractivity contribution in [2.75, 3.05) is 0 Å². The summed E-state index contributed by atoms with van der Waals surface area (Å²) in [4.78, 5) is 12.6. The summed E-state index contributed by atoms with van der Waals surface area (Å²) >= 11 is 0. The lowest BCUT2D eigenvalue weighted by atomic mass is 9.82. The predicted octanol–water partition coefficient (Wildman–Crippen LogP) is 3.38. The highest BCUT2D eigenvalue weighted by molar-refractivity contribution is 5.82. The SMILES string of the molecule is C[C@@H](N[C@@H]1CCCc2ccccc21)C(=O)NC1(C#N)CCCCC1. The van der Waals surface area contributed by atoms with E-state index in [1.54, 1.807) is 0 Å². The summed E-state index contributed by atoms with van der Waals surface area (Å²) in [5.41, 5.74) is 2.04. The van der Waals surface area contributed by atoms with Crippen molar-refractivity contribution < 1.29 is 4.79 Å². The smallest absolute Gasteiger partial charge is 0.238 e. The van der Waals surface area contributed by atoms with E-state index in [9.17, 15) is 10.1 Å². The molecule has 0 heterocycles. The normalized spacial score (nSPS) is 23.6. The second-order valence-electron chi connectivity index (χ2n) is 7.28. The number of fused-ring (bicyclic) bond motifs is 1. The molecule has 128 valence electrons. The highest BCUT2D eigenvalue weighted by Crippen LogP contribution is 2.30. The maximum atomic E-state index is 12.6. The second-order valence-corrected chi connectivity index (χ2v) is 7.28. The number of carbonyl (C=O) groups is 1. The van der Waals surface area contributed by atoms with E-state index in [-0.39, 0.29) is 18.0 Å². The molecule has 1 fully saturated rings. The van der Waals surface area contributed by atoms with Crippen molar-refractivity contribution in [2.45, 2.75) is 75.9 Å². The number of amides is 1. The van der Waals surface area contributed by atoms with Gasteiger partial charge in [0.25, 0.3) is 0 Å². The Balaban J connectivity index is 1.64. The molecule has 0 radical (unpaired) electrons. The minimum atomic E-state index is -0.657. The van der Waals surface area contributed by atoms with E-state index in [1.807, 2.05) is 6.92 Å². The zero-order valence-corrected chi connectivity index (χ0v) is 14.5. The van der Waals surface area contributed by atoms with Crippen LogP contribution in [0, 0.1) is 11.3 Å². The predicted molar refractivity (Wildman–Crippen MR) is 94.3 cm³/mol. The van der Waals surface area contributed by atoms with Crippen molar-refractivity contribution in [3.8, 4) is 6.07 Å². The maximum absolute atomic E-state index is 12.6. The molecule has 2 aliphatic rings. The number of nitriles is 1. The number of aryl methyl sites for hydroxylation is 1. The zero-order valence-electron chi connectivity index (χ0n) is 14.5. The first-order chi connectivity index (χ1) is 11.6. The van der Waals surface area contributed by atoms with Crippen LogP contribution in [-0.4, -0.2) is 17.5 Å². The van der Waals surface area contributed by atoms with E-state index in [2.05, 4.69) is 41.0 Å². The quantitative estimate of drug-likeness (QED) is 0.892. The first kappa shape index (κ1) is 17.0. The highest BCUT2D eigenvalue weighted by Gasteiger charge is 2.35. The van der Waals surface area contributed by atoms with Crippen molar-refractivity contribution in [1.29, 1.82) is 5.26 Å². The van der Waals surface area contributed by atoms with Crippen LogP contribution in [0.3, 0.4) is 0 Å². The molecule has 0 bridgehead atoms. The number of rotatable bonds is 4. The molecule has 0 saturated heterocycles. The van der Waals surface area contributed by atoms with E-state index in [1.165, 1.54) is 11.1 Å². The first-order valence-corrected chi connectivity index (χ1v) is 9.21. The van der Waals surface area contributed by atoms with Crippen LogP contribution >= 0.6 is 0 Å². The van der Waals surface area contributed by atoms with Gasteiger partial charge in [-0.2, -0.15) is 5.26 Å². The molecular formula is C20H27N3O. The Kier molecular flexibility index (Phi) is 5.20. The van der Waals surface area contributed by atoms with Crippen LogP contribution in [0.2, 0.25) is 0 Å². The van der Waals surface area contributed by atoms with Gasteiger partial charge in [-0.3, -0.25) is 10.1 Å². The molecule has 3 rings (SSSR count). The maximum Gasteiger partial charge on any atom is 0.238 e. The molecule has 0 unspecified atom stereocenters. The van der Waals surface area contributed by atoms with Crippen molar-refractivity contribution in [2.24, 2.45) is 0 Å². The van der Waals surface area contributed by atoms with Crippen molar-refractivity contribution in [3.05, 3.63) is 35.4 Å². The van der Waals surface area contributed by atoms with Crippen LogP contribution in [0.1, 0.15) is 69.0 Å². The molecule has 4 heteroatoms. The second kappa shape index (κ2) is 7.36. The molecule has 2 N–H and O–H groups in total. The van der Waals surface area contributed by atoms with Crippen LogP contribution in [0.5, 0.6) is 0 Å². The van der Waals surface area contributed by atoms with Gasteiger partial charge in [0, 0.05) is 6.04 Å². The van der Waals surface area contributed by atoms with Gasteiger partial charge in [0.2, 0.25) is 5.91 Å². The van der Waals surface area contributed by atoms with Gasteiger partial charge in [-0.25, -0.2) is 0 Å². The molecule has 1 aromatic carbocycles. The molecule has 1 aromatic rings. The zero-order chi connectivity index (χ0) is 17.0. The molecule has 2 atom stereocenters. The Bertz CT molecular complexity index is 628. The Morgan fingerprint density at radius 2 is 2.00 bits per heavy atom. The molecule has 4 nitrogen and oxygen atoms in total. The molecular weight excluding hydrogens is 298 g/mol. The monoisotopic (exact) mass is 325 g/mol. The summed E-state index contributed by atoms with van der Waals surface area (Å²) in [5.74, 6) is -0.0542. The van der Waals surface area contributed by atoms with Gasteiger partial charge in [0.05, 0.1) is 12.1 Å². The third-order valence-electron chi connectivity index (χ3n) is 5.50. The van der Waals surface area contributed by atoms with E-state index in [4.69, 9.17) is 0 Å². The lowest BCUT2D eigenvalue weighted by Gasteiger charge is -2.34. The van der Waals surface area contributed by atoms with E-state index >= 15 is 0 Å².